The van der Waals surface area contributed by atoms with Crippen molar-refractivity contribution in [3.05, 3.63) is 33.3 Å². The number of benzene rings is 1. The predicted molar refractivity (Wildman–Crippen MR) is 60.5 cm³/mol. The molecule has 0 saturated heterocycles. The molecule has 15 heavy (non-hydrogen) atoms. The third-order valence-electron chi connectivity index (χ3n) is 2.35. The van der Waals surface area contributed by atoms with Gasteiger partial charge in [0.2, 0.25) is 0 Å². The fourth-order valence-corrected chi connectivity index (χ4v) is 2.28. The molecular formula is C11H8BrNO2. The van der Waals surface area contributed by atoms with Gasteiger partial charge in [-0.3, -0.25) is 4.79 Å². The number of hydrogen-bond acceptors (Lipinski definition) is 2. The van der Waals surface area contributed by atoms with E-state index in [-0.39, 0.29) is 5.91 Å². The number of carbonyl (C=O) groups excluding carboxylic acids is 2. The Bertz CT molecular complexity index is 492. The highest BCUT2D eigenvalue weighted by Crippen LogP contribution is 2.27. The molecule has 0 aliphatic carbocycles. The zero-order valence-electron chi connectivity index (χ0n) is 8.08. The molecule has 0 unspecified atom stereocenters. The van der Waals surface area contributed by atoms with Gasteiger partial charge in [0.1, 0.15) is 6.29 Å². The van der Waals surface area contributed by atoms with Crippen molar-refractivity contribution in [3.8, 4) is 0 Å². The van der Waals surface area contributed by atoms with E-state index in [1.54, 1.807) is 13.0 Å². The molecule has 0 bridgehead atoms. The maximum atomic E-state index is 11.5. The number of aliphatic imine (C=N–C) groups is 1. The molecule has 76 valence electrons. The van der Waals surface area contributed by atoms with Gasteiger partial charge in [-0.05, 0) is 24.6 Å². The number of rotatable bonds is 2. The summed E-state index contributed by atoms with van der Waals surface area (Å²) in [5.41, 5.74) is 2.94. The number of hydrogen-bond donors (Lipinski definition) is 0. The Morgan fingerprint density at radius 2 is 2.20 bits per heavy atom. The number of fused-ring (bicyclic) bond motifs is 1. The molecule has 1 aromatic carbocycles. The van der Waals surface area contributed by atoms with Crippen molar-refractivity contribution >= 4 is 33.8 Å². The first-order valence-electron chi connectivity index (χ1n) is 4.49. The molecule has 4 heteroatoms. The number of nitrogens with zero attached hydrogens (tertiary/aromatic N) is 1. The summed E-state index contributed by atoms with van der Waals surface area (Å²) < 4.78 is 0.802. The van der Waals surface area contributed by atoms with Gasteiger partial charge in [-0.25, -0.2) is 4.99 Å². The van der Waals surface area contributed by atoms with Gasteiger partial charge in [-0.1, -0.05) is 15.9 Å². The third kappa shape index (κ3) is 1.65. The SMILES string of the molecule is CC1=NC(=O)c2cc(Br)cc(CC=O)c21. The molecule has 3 nitrogen and oxygen atoms in total. The molecule has 0 radical (unpaired) electrons. The Labute approximate surface area is 95.3 Å². The molecule has 0 spiro atoms. The first kappa shape index (κ1) is 10.2. The van der Waals surface area contributed by atoms with Crippen molar-refractivity contribution in [2.24, 2.45) is 4.99 Å². The van der Waals surface area contributed by atoms with Crippen molar-refractivity contribution in [1.82, 2.24) is 0 Å². The Hall–Kier alpha value is -1.29. The van der Waals surface area contributed by atoms with E-state index < -0.39 is 0 Å². The van der Waals surface area contributed by atoms with Crippen molar-refractivity contribution in [3.63, 3.8) is 0 Å². The van der Waals surface area contributed by atoms with Crippen LogP contribution in [0.4, 0.5) is 0 Å². The second kappa shape index (κ2) is 3.70. The second-order valence-corrected chi connectivity index (χ2v) is 4.28. The van der Waals surface area contributed by atoms with E-state index in [2.05, 4.69) is 20.9 Å². The third-order valence-corrected chi connectivity index (χ3v) is 2.81. The Morgan fingerprint density at radius 1 is 1.47 bits per heavy atom. The summed E-state index contributed by atoms with van der Waals surface area (Å²) in [6.07, 6.45) is 1.14. The van der Waals surface area contributed by atoms with Crippen LogP contribution >= 0.6 is 15.9 Å². The zero-order valence-corrected chi connectivity index (χ0v) is 9.67. The van der Waals surface area contributed by atoms with E-state index in [9.17, 15) is 9.59 Å². The van der Waals surface area contributed by atoms with E-state index in [1.807, 2.05) is 6.07 Å². The normalized spacial score (nSPS) is 13.7. The number of halogens is 1. The molecule has 0 aromatic heterocycles. The molecule has 0 N–H and O–H groups in total. The van der Waals surface area contributed by atoms with Gasteiger partial charge < -0.3 is 4.79 Å². The smallest absolute Gasteiger partial charge is 0.277 e. The summed E-state index contributed by atoms with van der Waals surface area (Å²) in [4.78, 5) is 25.9. The lowest BCUT2D eigenvalue weighted by atomic mass is 9.98. The van der Waals surface area contributed by atoms with Crippen molar-refractivity contribution in [1.29, 1.82) is 0 Å². The summed E-state index contributed by atoms with van der Waals surface area (Å²) in [5.74, 6) is -0.226. The average Bonchev–Trinajstić information content (AvgIpc) is 2.42. The summed E-state index contributed by atoms with van der Waals surface area (Å²) in [7, 11) is 0. The van der Waals surface area contributed by atoms with Gasteiger partial charge in [-0.2, -0.15) is 0 Å². The van der Waals surface area contributed by atoms with E-state index in [4.69, 9.17) is 0 Å². The van der Waals surface area contributed by atoms with Gasteiger partial charge in [0.05, 0.1) is 5.56 Å². The first-order chi connectivity index (χ1) is 7.13. The topological polar surface area (TPSA) is 46.5 Å². The number of amides is 1. The molecule has 1 heterocycles. The average molecular weight is 266 g/mol. The summed E-state index contributed by atoms with van der Waals surface area (Å²) in [6, 6.07) is 3.59. The lowest BCUT2D eigenvalue weighted by Crippen LogP contribution is -2.02. The lowest BCUT2D eigenvalue weighted by Gasteiger charge is -2.05. The van der Waals surface area contributed by atoms with Gasteiger partial charge in [-0.15, -0.1) is 0 Å². The van der Waals surface area contributed by atoms with Crippen LogP contribution in [0, 0.1) is 0 Å². The van der Waals surface area contributed by atoms with Crippen LogP contribution in [-0.2, 0) is 11.2 Å². The quantitative estimate of drug-likeness (QED) is 0.770. The summed E-state index contributed by atoms with van der Waals surface area (Å²) in [5, 5.41) is 0. The van der Waals surface area contributed by atoms with Gasteiger partial charge in [0, 0.05) is 22.2 Å². The molecule has 1 aliphatic rings. The molecule has 2 rings (SSSR count). The first-order valence-corrected chi connectivity index (χ1v) is 5.29. The summed E-state index contributed by atoms with van der Waals surface area (Å²) in [6.45, 7) is 1.78. The minimum Gasteiger partial charge on any atom is -0.303 e. The molecule has 1 amide bonds. The van der Waals surface area contributed by atoms with Crippen LogP contribution in [0.15, 0.2) is 21.6 Å². The molecule has 1 aliphatic heterocycles. The highest BCUT2D eigenvalue weighted by atomic mass is 79.9. The standard InChI is InChI=1S/C11H8BrNO2/c1-6-10-7(2-3-14)4-8(12)5-9(10)11(15)13-6/h3-5H,2H2,1H3. The van der Waals surface area contributed by atoms with Crippen LogP contribution in [0.3, 0.4) is 0 Å². The van der Waals surface area contributed by atoms with Crippen molar-refractivity contribution in [2.75, 3.05) is 0 Å². The van der Waals surface area contributed by atoms with E-state index in [0.717, 1.165) is 21.9 Å². The van der Waals surface area contributed by atoms with E-state index >= 15 is 0 Å². The molecule has 0 atom stereocenters. The van der Waals surface area contributed by atoms with Crippen LogP contribution in [-0.4, -0.2) is 17.9 Å². The maximum Gasteiger partial charge on any atom is 0.277 e. The van der Waals surface area contributed by atoms with Crippen LogP contribution in [0.5, 0.6) is 0 Å². The molecule has 0 saturated carbocycles. The van der Waals surface area contributed by atoms with Gasteiger partial charge in [0.25, 0.3) is 5.91 Å². The molecule has 0 fully saturated rings. The Kier molecular flexibility index (Phi) is 2.52. The Balaban J connectivity index is 2.67. The summed E-state index contributed by atoms with van der Waals surface area (Å²) >= 11 is 3.31. The minimum absolute atomic E-state index is 0.226. The molecular weight excluding hydrogens is 258 g/mol. The lowest BCUT2D eigenvalue weighted by molar-refractivity contribution is -0.107. The minimum atomic E-state index is -0.226. The number of aldehydes is 1. The fourth-order valence-electron chi connectivity index (χ4n) is 1.78. The number of carbonyl (C=O) groups is 2. The predicted octanol–water partition coefficient (Wildman–Crippen LogP) is 2.15. The second-order valence-electron chi connectivity index (χ2n) is 3.36. The largest absolute Gasteiger partial charge is 0.303 e. The zero-order chi connectivity index (χ0) is 11.0. The highest BCUT2D eigenvalue weighted by Gasteiger charge is 2.23. The molecule has 1 aromatic rings. The maximum absolute atomic E-state index is 11.5. The van der Waals surface area contributed by atoms with Crippen LogP contribution < -0.4 is 0 Å². The van der Waals surface area contributed by atoms with Crippen LogP contribution in [0.25, 0.3) is 0 Å². The van der Waals surface area contributed by atoms with Gasteiger partial charge >= 0.3 is 0 Å². The van der Waals surface area contributed by atoms with Crippen LogP contribution in [0.1, 0.15) is 28.4 Å². The fraction of sp³-hybridized carbons (Fsp3) is 0.182. The monoisotopic (exact) mass is 265 g/mol. The van der Waals surface area contributed by atoms with Crippen molar-refractivity contribution in [2.45, 2.75) is 13.3 Å². The van der Waals surface area contributed by atoms with Crippen LogP contribution in [0.2, 0.25) is 0 Å². The Morgan fingerprint density at radius 3 is 2.87 bits per heavy atom. The highest BCUT2D eigenvalue weighted by molar-refractivity contribution is 9.10. The van der Waals surface area contributed by atoms with Gasteiger partial charge in [0.15, 0.2) is 0 Å². The van der Waals surface area contributed by atoms with Crippen molar-refractivity contribution < 1.29 is 9.59 Å². The van der Waals surface area contributed by atoms with E-state index in [1.165, 1.54) is 0 Å². The van der Waals surface area contributed by atoms with E-state index in [0.29, 0.717) is 17.7 Å².